The highest BCUT2D eigenvalue weighted by molar-refractivity contribution is 7.20. The second-order valence-electron chi connectivity index (χ2n) is 7.20. The van der Waals surface area contributed by atoms with Gasteiger partial charge in [0, 0.05) is 25.9 Å². The molecule has 0 unspecified atom stereocenters. The summed E-state index contributed by atoms with van der Waals surface area (Å²) in [5.41, 5.74) is -0.215. The molecular formula is C22H18F2N4O4S. The van der Waals surface area contributed by atoms with Gasteiger partial charge >= 0.3 is 5.69 Å². The number of benzene rings is 1. The minimum atomic E-state index is -1.07. The molecule has 0 aliphatic rings. The second-order valence-corrected chi connectivity index (χ2v) is 8.23. The predicted octanol–water partition coefficient (Wildman–Crippen LogP) is 2.42. The number of hydrogen-bond acceptors (Lipinski definition) is 6. The Morgan fingerprint density at radius 3 is 2.64 bits per heavy atom. The van der Waals surface area contributed by atoms with E-state index in [1.807, 2.05) is 0 Å². The van der Waals surface area contributed by atoms with Crippen LogP contribution in [-0.2, 0) is 20.1 Å². The molecule has 3 aromatic heterocycles. The van der Waals surface area contributed by atoms with Crippen LogP contribution in [0.15, 0.2) is 52.2 Å². The minimum Gasteiger partial charge on any atom is -0.481 e. The van der Waals surface area contributed by atoms with Crippen molar-refractivity contribution in [2.24, 2.45) is 7.05 Å². The molecule has 0 spiro atoms. The minimum absolute atomic E-state index is 0.181. The summed E-state index contributed by atoms with van der Waals surface area (Å²) in [5, 5.41) is 2.94. The molecule has 170 valence electrons. The van der Waals surface area contributed by atoms with E-state index in [2.05, 4.69) is 10.3 Å². The highest BCUT2D eigenvalue weighted by Gasteiger charge is 2.18. The Bertz CT molecular complexity index is 1490. The van der Waals surface area contributed by atoms with Crippen LogP contribution in [0.1, 0.15) is 20.8 Å². The van der Waals surface area contributed by atoms with E-state index in [9.17, 15) is 23.2 Å². The maximum Gasteiger partial charge on any atom is 0.332 e. The molecule has 1 aromatic carbocycles. The van der Waals surface area contributed by atoms with Gasteiger partial charge in [-0.25, -0.2) is 18.6 Å². The van der Waals surface area contributed by atoms with Gasteiger partial charge in [0.25, 0.3) is 11.5 Å². The van der Waals surface area contributed by atoms with E-state index < -0.39 is 28.8 Å². The first-order valence-corrected chi connectivity index (χ1v) is 10.5. The summed E-state index contributed by atoms with van der Waals surface area (Å²) >= 11 is 1.01. The number of pyridine rings is 1. The van der Waals surface area contributed by atoms with E-state index in [1.165, 1.54) is 30.9 Å². The zero-order valence-corrected chi connectivity index (χ0v) is 18.4. The van der Waals surface area contributed by atoms with Crippen LogP contribution in [0, 0.1) is 11.6 Å². The van der Waals surface area contributed by atoms with Crippen molar-refractivity contribution < 1.29 is 18.3 Å². The van der Waals surface area contributed by atoms with Crippen LogP contribution in [0.25, 0.3) is 10.2 Å². The number of carbonyl (C=O) groups is 1. The highest BCUT2D eigenvalue weighted by atomic mass is 32.1. The van der Waals surface area contributed by atoms with Crippen molar-refractivity contribution in [3.63, 3.8) is 0 Å². The van der Waals surface area contributed by atoms with E-state index in [4.69, 9.17) is 4.74 Å². The summed E-state index contributed by atoms with van der Waals surface area (Å²) in [4.78, 5) is 43.0. The number of aromatic nitrogens is 3. The van der Waals surface area contributed by atoms with Gasteiger partial charge in [-0.3, -0.25) is 18.7 Å². The van der Waals surface area contributed by atoms with Crippen LogP contribution in [0.4, 0.5) is 8.78 Å². The van der Waals surface area contributed by atoms with Crippen molar-refractivity contribution >= 4 is 27.5 Å². The monoisotopic (exact) mass is 472 g/mol. The Labute approximate surface area is 189 Å². The van der Waals surface area contributed by atoms with Gasteiger partial charge in [0.1, 0.15) is 4.83 Å². The Hall–Kier alpha value is -3.86. The lowest BCUT2D eigenvalue weighted by atomic mass is 10.2. The fourth-order valence-electron chi connectivity index (χ4n) is 3.30. The number of nitrogens with one attached hydrogen (secondary N) is 1. The van der Waals surface area contributed by atoms with Crippen molar-refractivity contribution in [3.8, 4) is 5.88 Å². The number of amides is 1. The number of thiophene rings is 1. The molecule has 33 heavy (non-hydrogen) atoms. The van der Waals surface area contributed by atoms with Gasteiger partial charge in [-0.05, 0) is 35.4 Å². The third-order valence-electron chi connectivity index (χ3n) is 5.02. The van der Waals surface area contributed by atoms with Gasteiger partial charge in [0.05, 0.1) is 23.9 Å². The molecule has 4 aromatic rings. The number of rotatable bonds is 6. The highest BCUT2D eigenvalue weighted by Crippen LogP contribution is 2.22. The van der Waals surface area contributed by atoms with Crippen molar-refractivity contribution in [2.45, 2.75) is 13.1 Å². The average Bonchev–Trinajstić information content (AvgIpc) is 3.27. The van der Waals surface area contributed by atoms with Crippen molar-refractivity contribution in [1.29, 1.82) is 0 Å². The summed E-state index contributed by atoms with van der Waals surface area (Å²) in [7, 11) is 2.97. The van der Waals surface area contributed by atoms with Crippen LogP contribution in [0.5, 0.6) is 5.88 Å². The van der Waals surface area contributed by atoms with Crippen molar-refractivity contribution in [3.05, 3.63) is 91.1 Å². The third-order valence-corrected chi connectivity index (χ3v) is 6.23. The Morgan fingerprint density at radius 2 is 1.91 bits per heavy atom. The molecule has 0 atom stereocenters. The Morgan fingerprint density at radius 1 is 1.12 bits per heavy atom. The van der Waals surface area contributed by atoms with E-state index >= 15 is 0 Å². The summed E-state index contributed by atoms with van der Waals surface area (Å²) in [6, 6.07) is 8.01. The van der Waals surface area contributed by atoms with Crippen LogP contribution in [0.2, 0.25) is 0 Å². The molecule has 0 aliphatic carbocycles. The average molecular weight is 472 g/mol. The van der Waals surface area contributed by atoms with E-state index in [0.29, 0.717) is 10.7 Å². The number of methoxy groups -OCH3 is 1. The number of nitrogens with zero attached hydrogens (tertiary/aromatic N) is 3. The van der Waals surface area contributed by atoms with Crippen LogP contribution in [-0.4, -0.2) is 27.1 Å². The molecule has 1 amide bonds. The maximum absolute atomic E-state index is 13.5. The first-order chi connectivity index (χ1) is 15.8. The number of hydrogen-bond donors (Lipinski definition) is 1. The summed E-state index contributed by atoms with van der Waals surface area (Å²) in [6.45, 7) is -0.0227. The standard InChI is InChI=1S/C22H18F2N4O4S/c1-27-21-14(20(30)28(22(27)31)11-13-3-4-15(23)16(24)7-13)9-17(33-21)19(29)26-10-12-5-6-25-18(8-12)32-2/h3-9H,10-11H2,1-2H3,(H,26,29). The molecule has 1 N–H and O–H groups in total. The molecule has 0 aliphatic heterocycles. The lowest BCUT2D eigenvalue weighted by Crippen LogP contribution is -2.38. The first-order valence-electron chi connectivity index (χ1n) is 9.73. The molecule has 0 saturated carbocycles. The molecule has 0 fully saturated rings. The Kier molecular flexibility index (Phi) is 6.05. The van der Waals surface area contributed by atoms with Crippen molar-refractivity contribution in [2.75, 3.05) is 7.11 Å². The predicted molar refractivity (Wildman–Crippen MR) is 119 cm³/mol. The SMILES string of the molecule is COc1cc(CNC(=O)c2cc3c(=O)n(Cc4ccc(F)c(F)c4)c(=O)n(C)c3s2)ccn1. The van der Waals surface area contributed by atoms with Crippen LogP contribution in [0.3, 0.4) is 0 Å². The van der Waals surface area contributed by atoms with E-state index in [1.54, 1.807) is 18.3 Å². The molecule has 0 saturated heterocycles. The van der Waals surface area contributed by atoms with Crippen molar-refractivity contribution in [1.82, 2.24) is 19.4 Å². The smallest absolute Gasteiger partial charge is 0.332 e. The molecule has 3 heterocycles. The maximum atomic E-state index is 13.5. The molecule has 11 heteroatoms. The topological polar surface area (TPSA) is 95.2 Å². The third kappa shape index (κ3) is 4.40. The number of ether oxygens (including phenoxy) is 1. The summed E-state index contributed by atoms with van der Waals surface area (Å²) < 4.78 is 34.0. The molecular weight excluding hydrogens is 454 g/mol. The van der Waals surface area contributed by atoms with Gasteiger partial charge in [-0.1, -0.05) is 6.07 Å². The van der Waals surface area contributed by atoms with Gasteiger partial charge in [-0.15, -0.1) is 11.3 Å². The van der Waals surface area contributed by atoms with Crippen LogP contribution >= 0.6 is 11.3 Å². The first kappa shape index (κ1) is 22.3. The van der Waals surface area contributed by atoms with Gasteiger partial charge in [-0.2, -0.15) is 0 Å². The van der Waals surface area contributed by atoms with Crippen LogP contribution < -0.4 is 21.3 Å². The van der Waals surface area contributed by atoms with E-state index in [0.717, 1.165) is 33.6 Å². The quantitative estimate of drug-likeness (QED) is 0.465. The number of halogens is 2. The number of carbonyl (C=O) groups excluding carboxylic acids is 1. The fourth-order valence-corrected chi connectivity index (χ4v) is 4.32. The normalized spacial score (nSPS) is 11.0. The van der Waals surface area contributed by atoms with Gasteiger partial charge in [0.15, 0.2) is 11.6 Å². The molecule has 0 bridgehead atoms. The molecule has 0 radical (unpaired) electrons. The second kappa shape index (κ2) is 8.94. The zero-order valence-electron chi connectivity index (χ0n) is 17.6. The summed E-state index contributed by atoms with van der Waals surface area (Å²) in [5.74, 6) is -2.08. The molecule has 8 nitrogen and oxygen atoms in total. The van der Waals surface area contributed by atoms with Gasteiger partial charge in [0.2, 0.25) is 5.88 Å². The zero-order chi connectivity index (χ0) is 23.7. The number of fused-ring (bicyclic) bond motifs is 1. The lowest BCUT2D eigenvalue weighted by Gasteiger charge is -2.08. The summed E-state index contributed by atoms with van der Waals surface area (Å²) in [6.07, 6.45) is 1.56. The fraction of sp³-hybridized carbons (Fsp3) is 0.182. The number of aryl methyl sites for hydroxylation is 1. The largest absolute Gasteiger partial charge is 0.481 e. The van der Waals surface area contributed by atoms with Gasteiger partial charge < -0.3 is 10.1 Å². The molecule has 4 rings (SSSR count). The van der Waals surface area contributed by atoms with E-state index in [-0.39, 0.29) is 28.9 Å². The Balaban J connectivity index is 1.64. The lowest BCUT2D eigenvalue weighted by molar-refractivity contribution is 0.0955.